The Morgan fingerprint density at radius 2 is 2.24 bits per heavy atom. The van der Waals surface area contributed by atoms with Crippen LogP contribution in [0.4, 0.5) is 18.9 Å². The molecule has 0 saturated carbocycles. The van der Waals surface area contributed by atoms with Crippen LogP contribution >= 0.6 is 27.7 Å². The number of halogens is 4. The molecule has 0 saturated heterocycles. The number of aliphatic imine (C=N–C) groups is 1. The molecule has 1 aliphatic rings. The van der Waals surface area contributed by atoms with Crippen molar-refractivity contribution in [2.24, 2.45) is 4.99 Å². The molecule has 0 aromatic heterocycles. The molecule has 1 aromatic rings. The van der Waals surface area contributed by atoms with E-state index in [4.69, 9.17) is 0 Å². The second kappa shape index (κ2) is 6.91. The Hall–Kier alpha value is -0.890. The van der Waals surface area contributed by atoms with Gasteiger partial charge in [0.1, 0.15) is 0 Å². The zero-order valence-corrected chi connectivity index (χ0v) is 13.6. The van der Waals surface area contributed by atoms with Crippen molar-refractivity contribution in [2.45, 2.75) is 32.2 Å². The number of rotatable bonds is 3. The van der Waals surface area contributed by atoms with Gasteiger partial charge in [0.25, 0.3) is 0 Å². The van der Waals surface area contributed by atoms with Crippen molar-refractivity contribution in [1.29, 1.82) is 0 Å². The number of hydrogen-bond donors (Lipinski definition) is 1. The fraction of sp³-hybridized carbons (Fsp3) is 0.462. The van der Waals surface area contributed by atoms with Crippen LogP contribution in [0.3, 0.4) is 0 Å². The predicted molar refractivity (Wildman–Crippen MR) is 83.0 cm³/mol. The monoisotopic (exact) mass is 382 g/mol. The molecule has 1 atom stereocenters. The van der Waals surface area contributed by atoms with Gasteiger partial charge in [-0.3, -0.25) is 4.99 Å². The summed E-state index contributed by atoms with van der Waals surface area (Å²) in [6, 6.07) is 4.68. The molecule has 1 aromatic carbocycles. The number of benzene rings is 1. The first kappa shape index (κ1) is 16.5. The average Bonchev–Trinajstić information content (AvgIpc) is 2.40. The molecule has 0 radical (unpaired) electrons. The Morgan fingerprint density at radius 3 is 2.90 bits per heavy atom. The van der Waals surface area contributed by atoms with E-state index < -0.39 is 6.36 Å². The zero-order chi connectivity index (χ0) is 15.5. The highest BCUT2D eigenvalue weighted by Gasteiger charge is 2.32. The van der Waals surface area contributed by atoms with Crippen LogP contribution in [0.1, 0.15) is 19.8 Å². The third-order valence-corrected chi connectivity index (χ3v) is 4.29. The summed E-state index contributed by atoms with van der Waals surface area (Å²) in [6.07, 6.45) is -2.83. The van der Waals surface area contributed by atoms with Crippen LogP contribution in [-0.2, 0) is 0 Å². The molecule has 1 heterocycles. The second-order valence-electron chi connectivity index (χ2n) is 4.45. The van der Waals surface area contributed by atoms with E-state index in [0.717, 1.165) is 18.6 Å². The molecule has 0 spiro atoms. The van der Waals surface area contributed by atoms with E-state index in [1.165, 1.54) is 23.9 Å². The van der Waals surface area contributed by atoms with Gasteiger partial charge >= 0.3 is 6.36 Å². The lowest BCUT2D eigenvalue weighted by molar-refractivity contribution is -0.274. The normalized spacial score (nSPS) is 19.1. The molecule has 116 valence electrons. The minimum atomic E-state index is -4.73. The van der Waals surface area contributed by atoms with Crippen molar-refractivity contribution in [3.05, 3.63) is 22.7 Å². The number of anilines is 1. The quantitative estimate of drug-likeness (QED) is 0.795. The maximum atomic E-state index is 12.4. The van der Waals surface area contributed by atoms with Crippen LogP contribution < -0.4 is 10.1 Å². The van der Waals surface area contributed by atoms with Gasteiger partial charge in [0.05, 0.1) is 11.7 Å². The van der Waals surface area contributed by atoms with Crippen LogP contribution in [0, 0.1) is 0 Å². The first-order chi connectivity index (χ1) is 9.87. The van der Waals surface area contributed by atoms with Gasteiger partial charge in [-0.05, 0) is 31.0 Å². The fourth-order valence-electron chi connectivity index (χ4n) is 1.85. The van der Waals surface area contributed by atoms with E-state index in [1.807, 2.05) is 6.92 Å². The smallest absolute Gasteiger partial charge is 0.404 e. The number of hydrogen-bond acceptors (Lipinski definition) is 4. The minimum absolute atomic E-state index is 0.219. The molecule has 1 aliphatic heterocycles. The fourth-order valence-corrected chi connectivity index (χ4v) is 3.18. The summed E-state index contributed by atoms with van der Waals surface area (Å²) in [5, 5.41) is 3.56. The average molecular weight is 383 g/mol. The van der Waals surface area contributed by atoms with Gasteiger partial charge in [-0.2, -0.15) is 0 Å². The Morgan fingerprint density at radius 1 is 1.48 bits per heavy atom. The minimum Gasteiger partial charge on any atom is -0.404 e. The van der Waals surface area contributed by atoms with E-state index in [1.54, 1.807) is 6.07 Å². The van der Waals surface area contributed by atoms with Crippen LogP contribution in [0.15, 0.2) is 27.7 Å². The standard InChI is InChI=1S/C13H14BrF3N2OS/c1-2-9-5-6-21-12(18-9)19-10-4-3-8(14)7-11(10)20-13(15,16)17/h3-4,7,9H,2,5-6H2,1H3,(H,18,19). The van der Waals surface area contributed by atoms with E-state index in [9.17, 15) is 13.2 Å². The van der Waals surface area contributed by atoms with Crippen LogP contribution in [-0.4, -0.2) is 23.3 Å². The Kier molecular flexibility index (Phi) is 5.43. The number of ether oxygens (including phenoxy) is 1. The molecule has 0 bridgehead atoms. The van der Waals surface area contributed by atoms with Gasteiger partial charge in [-0.15, -0.1) is 13.2 Å². The highest BCUT2D eigenvalue weighted by Crippen LogP contribution is 2.34. The lowest BCUT2D eigenvalue weighted by atomic mass is 10.2. The summed E-state index contributed by atoms with van der Waals surface area (Å²) in [5.74, 6) is 0.620. The zero-order valence-electron chi connectivity index (χ0n) is 11.2. The largest absolute Gasteiger partial charge is 0.573 e. The van der Waals surface area contributed by atoms with E-state index >= 15 is 0 Å². The van der Waals surface area contributed by atoms with Crippen molar-refractivity contribution in [3.63, 3.8) is 0 Å². The number of amidine groups is 1. The predicted octanol–water partition coefficient (Wildman–Crippen LogP) is 5.03. The number of nitrogens with one attached hydrogen (secondary N) is 1. The van der Waals surface area contributed by atoms with Crippen molar-refractivity contribution in [1.82, 2.24) is 0 Å². The molecule has 1 unspecified atom stereocenters. The molecule has 0 fully saturated rings. The van der Waals surface area contributed by atoms with E-state index in [2.05, 4.69) is 31.0 Å². The second-order valence-corrected chi connectivity index (χ2v) is 6.45. The third kappa shape index (κ3) is 5.10. The Labute approximate surface area is 133 Å². The van der Waals surface area contributed by atoms with Crippen molar-refractivity contribution in [3.8, 4) is 5.75 Å². The number of alkyl halides is 3. The molecule has 3 nitrogen and oxygen atoms in total. The maximum absolute atomic E-state index is 12.4. The maximum Gasteiger partial charge on any atom is 0.573 e. The number of thioether (sulfide) groups is 1. The summed E-state index contributed by atoms with van der Waals surface area (Å²) in [6.45, 7) is 2.04. The van der Waals surface area contributed by atoms with Crippen molar-refractivity contribution in [2.75, 3.05) is 11.1 Å². The molecule has 8 heteroatoms. The molecule has 2 rings (SSSR count). The summed E-state index contributed by atoms with van der Waals surface area (Å²) >= 11 is 4.64. The summed E-state index contributed by atoms with van der Waals surface area (Å²) in [7, 11) is 0. The van der Waals surface area contributed by atoms with Gasteiger partial charge in [0.2, 0.25) is 0 Å². The van der Waals surface area contributed by atoms with Gasteiger partial charge < -0.3 is 10.1 Å². The molecule has 1 N–H and O–H groups in total. The summed E-state index contributed by atoms with van der Waals surface area (Å²) in [4.78, 5) is 4.48. The van der Waals surface area contributed by atoms with Crippen LogP contribution in [0.25, 0.3) is 0 Å². The highest BCUT2D eigenvalue weighted by atomic mass is 79.9. The first-order valence-corrected chi connectivity index (χ1v) is 8.18. The molecular formula is C13H14BrF3N2OS. The van der Waals surface area contributed by atoms with Gasteiger partial charge in [0.15, 0.2) is 10.9 Å². The van der Waals surface area contributed by atoms with Crippen LogP contribution in [0.5, 0.6) is 5.75 Å². The molecule has 0 amide bonds. The van der Waals surface area contributed by atoms with Crippen LogP contribution in [0.2, 0.25) is 0 Å². The van der Waals surface area contributed by atoms with Gasteiger partial charge in [-0.1, -0.05) is 34.6 Å². The number of nitrogens with zero attached hydrogens (tertiary/aromatic N) is 1. The van der Waals surface area contributed by atoms with Gasteiger partial charge in [0, 0.05) is 10.2 Å². The lowest BCUT2D eigenvalue weighted by Crippen LogP contribution is -2.21. The van der Waals surface area contributed by atoms with E-state index in [-0.39, 0.29) is 17.5 Å². The van der Waals surface area contributed by atoms with Crippen molar-refractivity contribution < 1.29 is 17.9 Å². The molecular weight excluding hydrogens is 369 g/mol. The third-order valence-electron chi connectivity index (χ3n) is 2.87. The highest BCUT2D eigenvalue weighted by molar-refractivity contribution is 9.10. The first-order valence-electron chi connectivity index (χ1n) is 6.40. The Bertz CT molecular complexity index is 537. The Balaban J connectivity index is 2.21. The molecule has 21 heavy (non-hydrogen) atoms. The van der Waals surface area contributed by atoms with Crippen molar-refractivity contribution >= 4 is 38.5 Å². The molecule has 0 aliphatic carbocycles. The lowest BCUT2D eigenvalue weighted by Gasteiger charge is -2.21. The SMILES string of the molecule is CCC1CCSC(Nc2ccc(Br)cc2OC(F)(F)F)=N1. The van der Waals surface area contributed by atoms with E-state index in [0.29, 0.717) is 9.64 Å². The summed E-state index contributed by atoms with van der Waals surface area (Å²) < 4.78 is 41.9. The topological polar surface area (TPSA) is 33.6 Å². The summed E-state index contributed by atoms with van der Waals surface area (Å²) in [5.41, 5.74) is 0.249. The van der Waals surface area contributed by atoms with Gasteiger partial charge in [-0.25, -0.2) is 0 Å².